The van der Waals surface area contributed by atoms with E-state index in [9.17, 15) is 18.0 Å². The van der Waals surface area contributed by atoms with Gasteiger partial charge in [-0.3, -0.25) is 0 Å². The van der Waals surface area contributed by atoms with E-state index in [2.05, 4.69) is 20.5 Å². The van der Waals surface area contributed by atoms with Crippen molar-refractivity contribution >= 4 is 11.3 Å². The summed E-state index contributed by atoms with van der Waals surface area (Å²) in [5.74, 6) is 0. The molecule has 13 heteroatoms. The average molecular weight is 349 g/mol. The third kappa shape index (κ3) is 2.81. The fraction of sp³-hybridized carbons (Fsp3) is 0.300. The van der Waals surface area contributed by atoms with Crippen LogP contribution in [0.1, 0.15) is 7.06 Å². The Morgan fingerprint density at radius 3 is 2.78 bits per heavy atom. The van der Waals surface area contributed by atoms with Crippen molar-refractivity contribution in [1.82, 2.24) is 34.6 Å². The Morgan fingerprint density at radius 1 is 1.43 bits per heavy atom. The summed E-state index contributed by atoms with van der Waals surface area (Å²) in [6, 6.07) is 0. The normalized spacial score (nSPS) is 12.4. The van der Waals surface area contributed by atoms with E-state index in [1.807, 2.05) is 0 Å². The molecule has 0 aromatic carbocycles. The van der Waals surface area contributed by atoms with Crippen molar-refractivity contribution in [1.29, 1.82) is 0 Å². The van der Waals surface area contributed by atoms with Gasteiger partial charge in [0.05, 0.1) is 7.57 Å². The third-order valence-corrected chi connectivity index (χ3v) is 3.37. The van der Waals surface area contributed by atoms with Crippen molar-refractivity contribution in [2.24, 2.45) is 7.05 Å². The lowest BCUT2D eigenvalue weighted by atomic mass is 10.4. The zero-order chi connectivity index (χ0) is 17.5. The summed E-state index contributed by atoms with van der Waals surface area (Å²) in [4.78, 5) is 15.5. The van der Waals surface area contributed by atoms with E-state index >= 15 is 0 Å². The molecule has 0 amide bonds. The third-order valence-electron chi connectivity index (χ3n) is 2.74. The Balaban J connectivity index is 2.02. The molecule has 0 N–H and O–H groups in total. The van der Waals surface area contributed by atoms with Gasteiger partial charge in [-0.2, -0.15) is 19.1 Å². The summed E-state index contributed by atoms with van der Waals surface area (Å²) in [6.07, 6.45) is -4.03. The lowest BCUT2D eigenvalue weighted by Crippen LogP contribution is -2.25. The predicted octanol–water partition coefficient (Wildman–Crippen LogP) is 0.674. The first-order valence-electron chi connectivity index (χ1n) is 6.46. The first-order chi connectivity index (χ1) is 11.3. The van der Waals surface area contributed by atoms with Crippen molar-refractivity contribution in [3.05, 3.63) is 33.9 Å². The number of hydrogen-bond acceptors (Lipinski definition) is 7. The number of tetrazole rings is 1. The van der Waals surface area contributed by atoms with E-state index in [-0.39, 0.29) is 21.7 Å². The first kappa shape index (κ1) is 13.9. The lowest BCUT2D eigenvalue weighted by Gasteiger charge is -2.11. The summed E-state index contributed by atoms with van der Waals surface area (Å²) in [5, 5.41) is 11.6. The lowest BCUT2D eigenvalue weighted by molar-refractivity contribution is -0.214. The number of hydrogen-bond donors (Lipinski definition) is 0. The highest BCUT2D eigenvalue weighted by Gasteiger charge is 2.36. The monoisotopic (exact) mass is 349 g/mol. The van der Waals surface area contributed by atoms with Gasteiger partial charge in [0.25, 0.3) is 5.19 Å². The van der Waals surface area contributed by atoms with E-state index in [0.29, 0.717) is 4.68 Å². The second-order valence-electron chi connectivity index (χ2n) is 4.18. The van der Waals surface area contributed by atoms with Crippen LogP contribution in [0.25, 0.3) is 5.69 Å². The van der Waals surface area contributed by atoms with Crippen LogP contribution in [0, 0.1) is 0 Å². The summed E-state index contributed by atoms with van der Waals surface area (Å²) in [7, 11) is 1.31. The molecule has 0 spiro atoms. The predicted molar refractivity (Wildman–Crippen MR) is 70.1 cm³/mol. The SMILES string of the molecule is [3H]c1csc(OCc2c(-n3nnn(C)c3=O)cnn2C(F)(F)F)n1. The van der Waals surface area contributed by atoms with Gasteiger partial charge in [0.2, 0.25) is 0 Å². The number of aromatic nitrogens is 7. The van der Waals surface area contributed by atoms with Crippen molar-refractivity contribution < 1.29 is 19.3 Å². The van der Waals surface area contributed by atoms with Gasteiger partial charge in [0.1, 0.15) is 18.0 Å². The molecule has 0 fully saturated rings. The number of alkyl halides is 3. The average Bonchev–Trinajstić information content (AvgIpc) is 3.17. The number of thiazole rings is 1. The number of ether oxygens (including phenoxy) is 1. The van der Waals surface area contributed by atoms with Gasteiger partial charge >= 0.3 is 12.0 Å². The summed E-state index contributed by atoms with van der Waals surface area (Å²) in [5.41, 5.74) is -1.40. The molecule has 122 valence electrons. The quantitative estimate of drug-likeness (QED) is 0.688. The van der Waals surface area contributed by atoms with Gasteiger partial charge in [-0.05, 0) is 10.4 Å². The minimum absolute atomic E-state index is 0.0207. The van der Waals surface area contributed by atoms with Gasteiger partial charge in [0.15, 0.2) is 0 Å². The maximum atomic E-state index is 13.1. The fourth-order valence-electron chi connectivity index (χ4n) is 1.74. The fourth-order valence-corrected chi connectivity index (χ4v) is 2.18. The Kier molecular flexibility index (Phi) is 3.33. The van der Waals surface area contributed by atoms with Crippen LogP contribution in [0.3, 0.4) is 0 Å². The summed E-state index contributed by atoms with van der Waals surface area (Å²) >= 11 is 0.961. The Morgan fingerprint density at radius 2 is 2.22 bits per heavy atom. The Labute approximate surface area is 130 Å². The number of nitrogens with zero attached hydrogens (tertiary/aromatic N) is 7. The molecule has 0 radical (unpaired) electrons. The van der Waals surface area contributed by atoms with E-state index in [0.717, 1.165) is 22.2 Å². The standard InChI is InChI=1S/C10H8F3N7O2S/c1-18-9(21)19(17-16-18)6-4-15-20(10(11,12)13)7(6)5-22-8-14-2-3-23-8/h2-4H,5H2,1H3/i2T. The molecule has 23 heavy (non-hydrogen) atoms. The molecule has 3 heterocycles. The van der Waals surface area contributed by atoms with Crippen LogP contribution in [0.4, 0.5) is 13.2 Å². The Hall–Kier alpha value is -2.70. The smallest absolute Gasteiger partial charge is 0.463 e. The number of halogens is 3. The molecule has 0 aliphatic heterocycles. The molecular formula is C10H8F3N7O2S. The van der Waals surface area contributed by atoms with Crippen molar-refractivity contribution in [3.63, 3.8) is 0 Å². The van der Waals surface area contributed by atoms with Crippen molar-refractivity contribution in [3.8, 4) is 10.9 Å². The molecule has 0 aliphatic carbocycles. The zero-order valence-electron chi connectivity index (χ0n) is 12.4. The van der Waals surface area contributed by atoms with Gasteiger partial charge in [-0.25, -0.2) is 9.78 Å². The molecule has 3 rings (SSSR count). The van der Waals surface area contributed by atoms with Crippen LogP contribution in [-0.4, -0.2) is 34.6 Å². The van der Waals surface area contributed by atoms with E-state index < -0.39 is 24.3 Å². The maximum Gasteiger partial charge on any atom is 0.504 e. The second-order valence-corrected chi connectivity index (χ2v) is 5.00. The molecule has 3 aromatic heterocycles. The van der Waals surface area contributed by atoms with Crippen molar-refractivity contribution in [2.45, 2.75) is 12.9 Å². The zero-order valence-corrected chi connectivity index (χ0v) is 12.2. The van der Waals surface area contributed by atoms with Crippen LogP contribution in [0.5, 0.6) is 5.19 Å². The van der Waals surface area contributed by atoms with Crippen LogP contribution in [-0.2, 0) is 20.0 Å². The number of aryl methyl sites for hydroxylation is 1. The summed E-state index contributed by atoms with van der Waals surface area (Å²) in [6.45, 7) is -0.579. The topological polar surface area (TPSA) is 92.6 Å². The van der Waals surface area contributed by atoms with Gasteiger partial charge in [0, 0.05) is 18.6 Å². The van der Waals surface area contributed by atoms with E-state index in [1.54, 1.807) is 0 Å². The van der Waals surface area contributed by atoms with Gasteiger partial charge in [-0.15, -0.1) is 13.2 Å². The van der Waals surface area contributed by atoms with Crippen LogP contribution >= 0.6 is 11.3 Å². The highest BCUT2D eigenvalue weighted by atomic mass is 32.1. The molecule has 3 aromatic rings. The molecular weight excluding hydrogens is 339 g/mol. The van der Waals surface area contributed by atoms with E-state index in [4.69, 9.17) is 6.11 Å². The molecule has 9 nitrogen and oxygen atoms in total. The van der Waals surface area contributed by atoms with Crippen LogP contribution in [0.15, 0.2) is 22.5 Å². The van der Waals surface area contributed by atoms with E-state index in [1.165, 1.54) is 12.4 Å². The highest BCUT2D eigenvalue weighted by molar-refractivity contribution is 7.11. The molecule has 0 atom stereocenters. The minimum atomic E-state index is -4.81. The van der Waals surface area contributed by atoms with Crippen molar-refractivity contribution in [2.75, 3.05) is 0 Å². The summed E-state index contributed by atoms with van der Waals surface area (Å²) < 4.78 is 53.0. The first-order valence-corrected chi connectivity index (χ1v) is 6.83. The van der Waals surface area contributed by atoms with Gasteiger partial charge in [-0.1, -0.05) is 11.3 Å². The molecule has 0 aliphatic rings. The minimum Gasteiger partial charge on any atom is -0.463 e. The molecule has 0 saturated heterocycles. The number of rotatable bonds is 4. The Bertz CT molecular complexity index is 928. The largest absolute Gasteiger partial charge is 0.504 e. The molecule has 0 saturated carbocycles. The van der Waals surface area contributed by atoms with Crippen LogP contribution < -0.4 is 10.4 Å². The highest BCUT2D eigenvalue weighted by Crippen LogP contribution is 2.27. The molecule has 0 bridgehead atoms. The maximum absolute atomic E-state index is 13.1. The second kappa shape index (κ2) is 5.49. The molecule has 0 unspecified atom stereocenters. The van der Waals surface area contributed by atoms with Gasteiger partial charge < -0.3 is 4.74 Å². The van der Waals surface area contributed by atoms with Crippen LogP contribution in [0.2, 0.25) is 0 Å².